The second kappa shape index (κ2) is 5.93. The van der Waals surface area contributed by atoms with Crippen LogP contribution in [0.5, 0.6) is 0 Å². The Bertz CT molecular complexity index is 927. The molecule has 124 valence electrons. The van der Waals surface area contributed by atoms with Gasteiger partial charge in [0.2, 0.25) is 17.5 Å². The van der Waals surface area contributed by atoms with E-state index in [1.807, 2.05) is 6.07 Å². The monoisotopic (exact) mass is 348 g/mol. The molecular weight excluding hydrogens is 336 g/mol. The van der Waals surface area contributed by atoms with Crippen molar-refractivity contribution >= 4 is 21.4 Å². The van der Waals surface area contributed by atoms with Crippen molar-refractivity contribution in [1.29, 1.82) is 5.26 Å². The predicted octanol–water partition coefficient (Wildman–Crippen LogP) is 1.72. The lowest BCUT2D eigenvalue weighted by molar-refractivity contribution is -0.384. The van der Waals surface area contributed by atoms with Crippen LogP contribution in [0.1, 0.15) is 12.1 Å². The van der Waals surface area contributed by atoms with Crippen molar-refractivity contribution in [3.05, 3.63) is 40.1 Å². The highest BCUT2D eigenvalue weighted by Gasteiger charge is 2.29. The molecule has 2 aromatic rings. The molecule has 1 aromatic heterocycles. The molecule has 9 nitrogen and oxygen atoms in total. The Kier molecular flexibility index (Phi) is 3.94. The number of nitrogens with zero attached hydrogens (tertiary/aromatic N) is 3. The minimum absolute atomic E-state index is 0.00708. The fraction of sp³-hybridized carbons (Fsp3) is 0.286. The van der Waals surface area contributed by atoms with E-state index in [-0.39, 0.29) is 40.7 Å². The zero-order valence-electron chi connectivity index (χ0n) is 12.3. The molecule has 1 N–H and O–H groups in total. The molecule has 0 aliphatic carbocycles. The largest absolute Gasteiger partial charge is 0.419 e. The van der Waals surface area contributed by atoms with E-state index in [4.69, 9.17) is 9.68 Å². The van der Waals surface area contributed by atoms with E-state index in [0.717, 1.165) is 0 Å². The molecule has 0 saturated carbocycles. The molecule has 1 fully saturated rings. The molecule has 1 unspecified atom stereocenters. The van der Waals surface area contributed by atoms with E-state index in [0.29, 0.717) is 12.0 Å². The number of nitrogens with one attached hydrogen (secondary N) is 1. The maximum Gasteiger partial charge on any atom is 0.269 e. The molecule has 1 aromatic carbocycles. The molecule has 0 bridgehead atoms. The Morgan fingerprint density at radius 2 is 2.08 bits per heavy atom. The predicted molar refractivity (Wildman–Crippen MR) is 84.0 cm³/mol. The van der Waals surface area contributed by atoms with Gasteiger partial charge < -0.3 is 9.73 Å². The summed E-state index contributed by atoms with van der Waals surface area (Å²) in [5.41, 5.74) is 0.414. The van der Waals surface area contributed by atoms with Crippen LogP contribution in [-0.4, -0.2) is 35.9 Å². The van der Waals surface area contributed by atoms with E-state index in [9.17, 15) is 18.5 Å². The molecule has 0 amide bonds. The zero-order valence-corrected chi connectivity index (χ0v) is 13.1. The quantitative estimate of drug-likeness (QED) is 0.650. The Balaban J connectivity index is 1.85. The number of non-ortho nitro benzene ring substituents is 1. The molecule has 1 aliphatic heterocycles. The SMILES string of the molecule is N#Cc1nc(-c2ccc([N+](=O)[O-])cc2)oc1NC1CCS(=O)(=O)C1. The van der Waals surface area contributed by atoms with Crippen LogP contribution in [0.4, 0.5) is 11.6 Å². The summed E-state index contributed by atoms with van der Waals surface area (Å²) >= 11 is 0. The minimum Gasteiger partial charge on any atom is -0.419 e. The Labute approximate surface area is 137 Å². The third-order valence-corrected chi connectivity index (χ3v) is 5.39. The van der Waals surface area contributed by atoms with Gasteiger partial charge in [-0.1, -0.05) is 0 Å². The van der Waals surface area contributed by atoms with Gasteiger partial charge in [-0.15, -0.1) is 0 Å². The Morgan fingerprint density at radius 1 is 1.38 bits per heavy atom. The molecule has 0 radical (unpaired) electrons. The lowest BCUT2D eigenvalue weighted by atomic mass is 10.2. The highest BCUT2D eigenvalue weighted by Crippen LogP contribution is 2.28. The normalized spacial score (nSPS) is 18.9. The molecule has 0 spiro atoms. The number of nitro groups is 1. The van der Waals surface area contributed by atoms with Crippen LogP contribution in [-0.2, 0) is 9.84 Å². The molecule has 1 atom stereocenters. The number of aromatic nitrogens is 1. The summed E-state index contributed by atoms with van der Waals surface area (Å²) in [6.07, 6.45) is 0.431. The molecular formula is C14H12N4O5S. The van der Waals surface area contributed by atoms with E-state index >= 15 is 0 Å². The van der Waals surface area contributed by atoms with Crippen molar-refractivity contribution in [1.82, 2.24) is 4.98 Å². The van der Waals surface area contributed by atoms with Crippen LogP contribution >= 0.6 is 0 Å². The van der Waals surface area contributed by atoms with Gasteiger partial charge in [0.05, 0.1) is 16.4 Å². The first-order valence-corrected chi connectivity index (χ1v) is 8.83. The molecule has 1 aliphatic rings. The van der Waals surface area contributed by atoms with Gasteiger partial charge in [0.1, 0.15) is 6.07 Å². The van der Waals surface area contributed by atoms with Crippen LogP contribution < -0.4 is 5.32 Å². The summed E-state index contributed by atoms with van der Waals surface area (Å²) in [6, 6.07) is 7.10. The second-order valence-corrected chi connectivity index (χ2v) is 7.59. The van der Waals surface area contributed by atoms with Crippen molar-refractivity contribution in [2.24, 2.45) is 0 Å². The van der Waals surface area contributed by atoms with Gasteiger partial charge in [-0.05, 0) is 18.6 Å². The summed E-state index contributed by atoms with van der Waals surface area (Å²) in [5, 5.41) is 22.7. The minimum atomic E-state index is -3.06. The third kappa shape index (κ3) is 3.21. The first-order chi connectivity index (χ1) is 11.4. The number of anilines is 1. The summed E-state index contributed by atoms with van der Waals surface area (Å²) in [6.45, 7) is 0. The Hall–Kier alpha value is -2.93. The maximum atomic E-state index is 11.5. The lowest BCUT2D eigenvalue weighted by Gasteiger charge is -2.08. The van der Waals surface area contributed by atoms with Crippen molar-refractivity contribution in [2.75, 3.05) is 16.8 Å². The topological polar surface area (TPSA) is 139 Å². The highest BCUT2D eigenvalue weighted by molar-refractivity contribution is 7.91. The first kappa shape index (κ1) is 15.9. The Morgan fingerprint density at radius 3 is 2.62 bits per heavy atom. The molecule has 24 heavy (non-hydrogen) atoms. The number of sulfone groups is 1. The van der Waals surface area contributed by atoms with Gasteiger partial charge in [-0.3, -0.25) is 10.1 Å². The van der Waals surface area contributed by atoms with E-state index in [1.54, 1.807) is 0 Å². The number of hydrogen-bond acceptors (Lipinski definition) is 8. The standard InChI is InChI=1S/C14H12N4O5S/c15-7-12-14(16-10-5-6-24(21,22)8-10)23-13(17-12)9-1-3-11(4-2-9)18(19)20/h1-4,10,16H,5-6,8H2. The zero-order chi connectivity index (χ0) is 17.3. The smallest absolute Gasteiger partial charge is 0.269 e. The maximum absolute atomic E-state index is 11.5. The van der Waals surface area contributed by atoms with Gasteiger partial charge in [0.15, 0.2) is 9.84 Å². The average molecular weight is 348 g/mol. The van der Waals surface area contributed by atoms with Crippen LogP contribution in [0.15, 0.2) is 28.7 Å². The van der Waals surface area contributed by atoms with Crippen LogP contribution in [0, 0.1) is 21.4 Å². The molecule has 10 heteroatoms. The number of nitro benzene ring substituents is 1. The molecule has 3 rings (SSSR count). The lowest BCUT2D eigenvalue weighted by Crippen LogP contribution is -2.20. The van der Waals surface area contributed by atoms with Crippen LogP contribution in [0.25, 0.3) is 11.5 Å². The van der Waals surface area contributed by atoms with Crippen LogP contribution in [0.2, 0.25) is 0 Å². The van der Waals surface area contributed by atoms with Gasteiger partial charge in [-0.25, -0.2) is 8.42 Å². The summed E-state index contributed by atoms with van der Waals surface area (Å²) in [4.78, 5) is 14.2. The van der Waals surface area contributed by atoms with Gasteiger partial charge >= 0.3 is 0 Å². The number of rotatable bonds is 4. The van der Waals surface area contributed by atoms with Crippen molar-refractivity contribution in [2.45, 2.75) is 12.5 Å². The highest BCUT2D eigenvalue weighted by atomic mass is 32.2. The van der Waals surface area contributed by atoms with Crippen molar-refractivity contribution < 1.29 is 17.8 Å². The fourth-order valence-electron chi connectivity index (χ4n) is 2.44. The van der Waals surface area contributed by atoms with Crippen LogP contribution in [0.3, 0.4) is 0 Å². The fourth-order valence-corrected chi connectivity index (χ4v) is 4.11. The summed E-state index contributed by atoms with van der Waals surface area (Å²) in [5.74, 6) is 0.305. The van der Waals surface area contributed by atoms with E-state index in [1.165, 1.54) is 24.3 Å². The van der Waals surface area contributed by atoms with Gasteiger partial charge in [0.25, 0.3) is 5.69 Å². The molecule has 2 heterocycles. The number of nitriles is 1. The first-order valence-electron chi connectivity index (χ1n) is 7.01. The van der Waals surface area contributed by atoms with Gasteiger partial charge in [-0.2, -0.15) is 10.2 Å². The van der Waals surface area contributed by atoms with Crippen molar-refractivity contribution in [3.63, 3.8) is 0 Å². The number of oxazole rings is 1. The molecule has 1 saturated heterocycles. The number of hydrogen-bond donors (Lipinski definition) is 1. The summed E-state index contributed by atoms with van der Waals surface area (Å²) in [7, 11) is -3.06. The second-order valence-electron chi connectivity index (χ2n) is 5.36. The number of benzene rings is 1. The van der Waals surface area contributed by atoms with E-state index < -0.39 is 14.8 Å². The van der Waals surface area contributed by atoms with Gasteiger partial charge in [0, 0.05) is 23.7 Å². The third-order valence-electron chi connectivity index (χ3n) is 3.63. The van der Waals surface area contributed by atoms with Crippen molar-refractivity contribution in [3.8, 4) is 17.5 Å². The van der Waals surface area contributed by atoms with E-state index in [2.05, 4.69) is 10.3 Å². The average Bonchev–Trinajstić information content (AvgIpc) is 3.10. The summed E-state index contributed by atoms with van der Waals surface area (Å²) < 4.78 is 28.5.